The number of carbonyl (C=O) groups excluding carboxylic acids is 1. The lowest BCUT2D eigenvalue weighted by Gasteiger charge is -2.12. The van der Waals surface area contributed by atoms with Crippen LogP contribution in [0, 0.1) is 0 Å². The van der Waals surface area contributed by atoms with E-state index in [1.165, 1.54) is 23.4 Å². The molecule has 5 nitrogen and oxygen atoms in total. The van der Waals surface area contributed by atoms with E-state index in [2.05, 4.69) is 22.2 Å². The number of aromatic nitrogens is 2. The molecule has 0 saturated heterocycles. The Balaban J connectivity index is 1.85. The lowest BCUT2D eigenvalue weighted by atomic mass is 10.1. The minimum atomic E-state index is -0.326. The molecule has 0 radical (unpaired) electrons. The molecule has 1 atom stereocenters. The maximum Gasteiger partial charge on any atom is 0.251 e. The van der Waals surface area contributed by atoms with Gasteiger partial charge in [-0.15, -0.1) is 0 Å². The number of H-pyrrole nitrogens is 1. The second-order valence-corrected chi connectivity index (χ2v) is 8.07. The quantitative estimate of drug-likeness (QED) is 0.519. The van der Waals surface area contributed by atoms with Crippen LogP contribution in [0.25, 0.3) is 0 Å². The van der Waals surface area contributed by atoms with E-state index >= 15 is 0 Å². The van der Waals surface area contributed by atoms with Crippen molar-refractivity contribution in [3.05, 3.63) is 58.0 Å². The number of hydrogen-bond acceptors (Lipinski definition) is 5. The van der Waals surface area contributed by atoms with Crippen LogP contribution in [-0.4, -0.2) is 33.4 Å². The molecule has 0 aliphatic heterocycles. The summed E-state index contributed by atoms with van der Waals surface area (Å²) in [7, 11) is 0. The molecule has 134 valence electrons. The number of carbonyl (C=O) groups is 1. The summed E-state index contributed by atoms with van der Waals surface area (Å²) in [6, 6.07) is 11.5. The fourth-order valence-corrected chi connectivity index (χ4v) is 3.58. The molecule has 2 rings (SSSR count). The van der Waals surface area contributed by atoms with E-state index in [4.69, 9.17) is 0 Å². The van der Waals surface area contributed by atoms with Crippen molar-refractivity contribution in [3.63, 3.8) is 0 Å². The zero-order valence-electron chi connectivity index (χ0n) is 14.5. The zero-order valence-corrected chi connectivity index (χ0v) is 16.1. The second kappa shape index (κ2) is 10.3. The Bertz CT molecular complexity index is 735. The van der Waals surface area contributed by atoms with Gasteiger partial charge < -0.3 is 10.3 Å². The van der Waals surface area contributed by atoms with Gasteiger partial charge in [-0.2, -0.15) is 11.8 Å². The van der Waals surface area contributed by atoms with Crippen LogP contribution in [0.5, 0.6) is 0 Å². The molecule has 0 fully saturated rings. The van der Waals surface area contributed by atoms with Crippen molar-refractivity contribution in [1.82, 2.24) is 15.3 Å². The summed E-state index contributed by atoms with van der Waals surface area (Å²) >= 11 is 2.98. The van der Waals surface area contributed by atoms with Gasteiger partial charge >= 0.3 is 0 Å². The van der Waals surface area contributed by atoms with Crippen molar-refractivity contribution in [3.8, 4) is 0 Å². The molecular weight excluding hydrogens is 354 g/mol. The lowest BCUT2D eigenvalue weighted by molar-refractivity contribution is -0.120. The molecule has 1 aromatic carbocycles. The predicted molar refractivity (Wildman–Crippen MR) is 105 cm³/mol. The molecule has 2 aromatic rings. The van der Waals surface area contributed by atoms with Crippen molar-refractivity contribution in [1.29, 1.82) is 0 Å². The smallest absolute Gasteiger partial charge is 0.251 e. The topological polar surface area (TPSA) is 74.8 Å². The highest BCUT2D eigenvalue weighted by molar-refractivity contribution is 8.00. The zero-order chi connectivity index (χ0) is 18.1. The molecule has 1 heterocycles. The van der Waals surface area contributed by atoms with Gasteiger partial charge in [0.25, 0.3) is 5.56 Å². The third-order valence-corrected chi connectivity index (χ3v) is 5.33. The monoisotopic (exact) mass is 377 g/mol. The standard InChI is InChI=1S/C18H23N3O2S2/c1-3-24-12-15-11-16(22)21-18(20-15)25-13(2)17(23)19-10-9-14-7-5-4-6-8-14/h4-8,11,13H,3,9-10,12H2,1-2H3,(H,19,23)(H,20,21,22). The van der Waals surface area contributed by atoms with Gasteiger partial charge in [-0.25, -0.2) is 4.98 Å². The first-order valence-electron chi connectivity index (χ1n) is 8.24. The minimum Gasteiger partial charge on any atom is -0.355 e. The number of thioether (sulfide) groups is 2. The van der Waals surface area contributed by atoms with Crippen molar-refractivity contribution in [2.45, 2.75) is 36.4 Å². The molecule has 0 aliphatic carbocycles. The van der Waals surface area contributed by atoms with Gasteiger partial charge in [0.2, 0.25) is 5.91 Å². The Morgan fingerprint density at radius 1 is 1.32 bits per heavy atom. The van der Waals surface area contributed by atoms with Gasteiger partial charge in [0.15, 0.2) is 5.16 Å². The van der Waals surface area contributed by atoms with Crippen molar-refractivity contribution in [2.75, 3.05) is 12.3 Å². The first-order valence-corrected chi connectivity index (χ1v) is 10.3. The highest BCUT2D eigenvalue weighted by Gasteiger charge is 2.15. The van der Waals surface area contributed by atoms with E-state index in [9.17, 15) is 9.59 Å². The molecule has 1 unspecified atom stereocenters. The molecule has 0 bridgehead atoms. The molecule has 1 amide bonds. The van der Waals surface area contributed by atoms with Crippen LogP contribution < -0.4 is 10.9 Å². The first kappa shape index (κ1) is 19.6. The summed E-state index contributed by atoms with van der Waals surface area (Å²) in [6.07, 6.45) is 0.794. The number of hydrogen-bond donors (Lipinski definition) is 2. The summed E-state index contributed by atoms with van der Waals surface area (Å²) in [5, 5.41) is 3.10. The van der Waals surface area contributed by atoms with Gasteiger partial charge in [0.05, 0.1) is 10.9 Å². The summed E-state index contributed by atoms with van der Waals surface area (Å²) in [4.78, 5) is 31.1. The SMILES string of the molecule is CCSCc1cc(=O)[nH]c(SC(C)C(=O)NCCc2ccccc2)n1. The Morgan fingerprint density at radius 2 is 2.08 bits per heavy atom. The normalized spacial score (nSPS) is 11.9. The number of nitrogens with one attached hydrogen (secondary N) is 2. The number of amides is 1. The van der Waals surface area contributed by atoms with Crippen LogP contribution in [0.3, 0.4) is 0 Å². The Hall–Kier alpha value is -1.73. The third kappa shape index (κ3) is 6.96. The number of aromatic amines is 1. The predicted octanol–water partition coefficient (Wildman–Crippen LogP) is 2.86. The van der Waals surface area contributed by atoms with E-state index in [0.29, 0.717) is 17.5 Å². The van der Waals surface area contributed by atoms with E-state index in [0.717, 1.165) is 17.9 Å². The van der Waals surface area contributed by atoms with Gasteiger partial charge in [0.1, 0.15) is 0 Å². The van der Waals surface area contributed by atoms with E-state index in [1.54, 1.807) is 11.8 Å². The first-order chi connectivity index (χ1) is 12.1. The summed E-state index contributed by atoms with van der Waals surface area (Å²) < 4.78 is 0. The summed E-state index contributed by atoms with van der Waals surface area (Å²) in [6.45, 7) is 4.47. The molecular formula is C18H23N3O2S2. The number of benzene rings is 1. The number of nitrogens with zero attached hydrogens (tertiary/aromatic N) is 1. The van der Waals surface area contributed by atoms with Crippen LogP contribution >= 0.6 is 23.5 Å². The Kier molecular flexibility index (Phi) is 8.08. The van der Waals surface area contributed by atoms with Gasteiger partial charge in [-0.05, 0) is 24.7 Å². The van der Waals surface area contributed by atoms with E-state index in [-0.39, 0.29) is 16.7 Å². The van der Waals surface area contributed by atoms with Crippen molar-refractivity contribution >= 4 is 29.4 Å². The lowest BCUT2D eigenvalue weighted by Crippen LogP contribution is -2.32. The van der Waals surface area contributed by atoms with Crippen molar-refractivity contribution < 1.29 is 4.79 Å². The van der Waals surface area contributed by atoms with Crippen LogP contribution in [-0.2, 0) is 17.0 Å². The highest BCUT2D eigenvalue weighted by atomic mass is 32.2. The maximum atomic E-state index is 12.2. The number of rotatable bonds is 9. The summed E-state index contributed by atoms with van der Waals surface area (Å²) in [5.74, 6) is 1.61. The molecule has 7 heteroatoms. The molecule has 0 saturated carbocycles. The average Bonchev–Trinajstić information content (AvgIpc) is 2.60. The Morgan fingerprint density at radius 3 is 2.80 bits per heavy atom. The van der Waals surface area contributed by atoms with E-state index < -0.39 is 0 Å². The van der Waals surface area contributed by atoms with Gasteiger partial charge in [-0.1, -0.05) is 49.0 Å². The molecule has 0 aliphatic rings. The molecule has 25 heavy (non-hydrogen) atoms. The van der Waals surface area contributed by atoms with E-state index in [1.807, 2.05) is 37.3 Å². The van der Waals surface area contributed by atoms with Gasteiger partial charge in [-0.3, -0.25) is 9.59 Å². The average molecular weight is 378 g/mol. The fourth-order valence-electron chi connectivity index (χ4n) is 2.16. The fraction of sp³-hybridized carbons (Fsp3) is 0.389. The second-order valence-electron chi connectivity index (χ2n) is 5.47. The molecule has 0 spiro atoms. The van der Waals surface area contributed by atoms with Crippen LogP contribution in [0.4, 0.5) is 0 Å². The molecule has 2 N–H and O–H groups in total. The maximum absolute atomic E-state index is 12.2. The van der Waals surface area contributed by atoms with Crippen molar-refractivity contribution in [2.24, 2.45) is 0 Å². The van der Waals surface area contributed by atoms with Crippen LogP contribution in [0.2, 0.25) is 0 Å². The largest absolute Gasteiger partial charge is 0.355 e. The minimum absolute atomic E-state index is 0.0584. The van der Waals surface area contributed by atoms with Crippen LogP contribution in [0.15, 0.2) is 46.3 Å². The Labute approximate surface area is 156 Å². The third-order valence-electron chi connectivity index (χ3n) is 3.44. The van der Waals surface area contributed by atoms with Crippen LogP contribution in [0.1, 0.15) is 25.1 Å². The highest BCUT2D eigenvalue weighted by Crippen LogP contribution is 2.19. The summed E-state index contributed by atoms with van der Waals surface area (Å²) in [5.41, 5.74) is 1.76. The molecule has 1 aromatic heterocycles. The van der Waals surface area contributed by atoms with Gasteiger partial charge in [0, 0.05) is 18.4 Å².